The van der Waals surface area contributed by atoms with Crippen molar-refractivity contribution in [1.82, 2.24) is 19.6 Å². The molecule has 156 valence electrons. The van der Waals surface area contributed by atoms with Crippen LogP contribution in [0.4, 0.5) is 10.5 Å². The third kappa shape index (κ3) is 4.37. The number of nitrogens with zero attached hydrogens (tertiary/aromatic N) is 4. The highest BCUT2D eigenvalue weighted by Gasteiger charge is 2.26. The first kappa shape index (κ1) is 19.8. The Hall–Kier alpha value is -3.55. The van der Waals surface area contributed by atoms with Crippen molar-refractivity contribution in [2.45, 2.75) is 20.4 Å². The molecule has 3 heterocycles. The number of amides is 3. The van der Waals surface area contributed by atoms with E-state index >= 15 is 0 Å². The Kier molecular flexibility index (Phi) is 5.56. The second-order valence-corrected chi connectivity index (χ2v) is 7.44. The molecule has 1 saturated heterocycles. The van der Waals surface area contributed by atoms with Gasteiger partial charge in [-0.15, -0.1) is 0 Å². The molecule has 3 aromatic rings. The SMILES string of the molecule is Cc1cc(C(=O)N2CCN(C(=O)Nc3cccc(Cn4cccn4)c3)CC2)c(C)o1. The maximum Gasteiger partial charge on any atom is 0.321 e. The normalized spacial score (nSPS) is 14.1. The Morgan fingerprint density at radius 2 is 1.83 bits per heavy atom. The third-order valence-corrected chi connectivity index (χ3v) is 5.21. The number of nitrogens with one attached hydrogen (secondary N) is 1. The summed E-state index contributed by atoms with van der Waals surface area (Å²) in [5.74, 6) is 1.31. The molecule has 1 aliphatic heterocycles. The van der Waals surface area contributed by atoms with Crippen molar-refractivity contribution in [2.24, 2.45) is 0 Å². The van der Waals surface area contributed by atoms with E-state index in [0.717, 1.165) is 17.0 Å². The second-order valence-electron chi connectivity index (χ2n) is 7.44. The van der Waals surface area contributed by atoms with Gasteiger partial charge in [-0.05, 0) is 43.7 Å². The Morgan fingerprint density at radius 3 is 2.50 bits per heavy atom. The van der Waals surface area contributed by atoms with Crippen LogP contribution >= 0.6 is 0 Å². The molecule has 1 aromatic carbocycles. The van der Waals surface area contributed by atoms with Gasteiger partial charge in [-0.2, -0.15) is 5.10 Å². The molecule has 3 amide bonds. The number of aryl methyl sites for hydroxylation is 2. The van der Waals surface area contributed by atoms with E-state index in [-0.39, 0.29) is 11.9 Å². The van der Waals surface area contributed by atoms with Crippen molar-refractivity contribution in [3.05, 3.63) is 71.4 Å². The molecule has 0 saturated carbocycles. The van der Waals surface area contributed by atoms with Crippen molar-refractivity contribution in [2.75, 3.05) is 31.5 Å². The summed E-state index contributed by atoms with van der Waals surface area (Å²) in [6, 6.07) is 11.2. The Bertz CT molecular complexity index is 1030. The van der Waals surface area contributed by atoms with Crippen LogP contribution in [-0.4, -0.2) is 57.7 Å². The molecule has 0 atom stereocenters. The molecule has 4 rings (SSSR count). The molecule has 8 heteroatoms. The Balaban J connectivity index is 1.32. The van der Waals surface area contributed by atoms with Crippen LogP contribution in [0.25, 0.3) is 0 Å². The van der Waals surface area contributed by atoms with Gasteiger partial charge in [0.2, 0.25) is 0 Å². The molecule has 2 aromatic heterocycles. The quantitative estimate of drug-likeness (QED) is 0.720. The number of furan rings is 1. The molecular weight excluding hydrogens is 382 g/mol. The highest BCUT2D eigenvalue weighted by atomic mass is 16.3. The van der Waals surface area contributed by atoms with Gasteiger partial charge in [-0.1, -0.05) is 12.1 Å². The van der Waals surface area contributed by atoms with Gasteiger partial charge < -0.3 is 19.5 Å². The van der Waals surface area contributed by atoms with E-state index in [1.54, 1.807) is 29.0 Å². The molecule has 0 bridgehead atoms. The number of rotatable bonds is 4. The summed E-state index contributed by atoms with van der Waals surface area (Å²) in [6.45, 7) is 6.23. The highest BCUT2D eigenvalue weighted by Crippen LogP contribution is 2.18. The van der Waals surface area contributed by atoms with Crippen LogP contribution in [0.2, 0.25) is 0 Å². The fraction of sp³-hybridized carbons (Fsp3) is 0.318. The standard InChI is InChI=1S/C22H25N5O3/c1-16-13-20(17(2)30-16)21(28)25-9-11-26(12-10-25)22(29)24-19-6-3-5-18(14-19)15-27-8-4-7-23-27/h3-8,13-14H,9-12,15H2,1-2H3,(H,24,29). The van der Waals surface area contributed by atoms with Crippen LogP contribution in [0.1, 0.15) is 27.4 Å². The van der Waals surface area contributed by atoms with Gasteiger partial charge in [-0.3, -0.25) is 9.48 Å². The van der Waals surface area contributed by atoms with E-state index in [2.05, 4.69) is 10.4 Å². The van der Waals surface area contributed by atoms with Crippen molar-refractivity contribution in [3.63, 3.8) is 0 Å². The lowest BCUT2D eigenvalue weighted by atomic mass is 10.2. The van der Waals surface area contributed by atoms with Gasteiger partial charge in [0, 0.05) is 44.3 Å². The van der Waals surface area contributed by atoms with Crippen molar-refractivity contribution < 1.29 is 14.0 Å². The highest BCUT2D eigenvalue weighted by molar-refractivity contribution is 5.95. The van der Waals surface area contributed by atoms with E-state index < -0.39 is 0 Å². The van der Waals surface area contributed by atoms with Crippen molar-refractivity contribution in [3.8, 4) is 0 Å². The number of hydrogen-bond donors (Lipinski definition) is 1. The zero-order valence-electron chi connectivity index (χ0n) is 17.2. The van der Waals surface area contributed by atoms with Crippen LogP contribution < -0.4 is 5.32 Å². The zero-order valence-corrected chi connectivity index (χ0v) is 17.2. The molecule has 0 aliphatic carbocycles. The molecule has 30 heavy (non-hydrogen) atoms. The van der Waals surface area contributed by atoms with Crippen molar-refractivity contribution >= 4 is 17.6 Å². The third-order valence-electron chi connectivity index (χ3n) is 5.21. The maximum atomic E-state index is 12.7. The number of carbonyl (C=O) groups is 2. The predicted octanol–water partition coefficient (Wildman–Crippen LogP) is 3.13. The van der Waals surface area contributed by atoms with Crippen LogP contribution in [0, 0.1) is 13.8 Å². The number of carbonyl (C=O) groups excluding carboxylic acids is 2. The summed E-state index contributed by atoms with van der Waals surface area (Å²) >= 11 is 0. The van der Waals surface area contributed by atoms with E-state index in [4.69, 9.17) is 4.42 Å². The molecule has 1 aliphatic rings. The monoisotopic (exact) mass is 407 g/mol. The van der Waals surface area contributed by atoms with Gasteiger partial charge in [-0.25, -0.2) is 4.79 Å². The molecule has 0 unspecified atom stereocenters. The number of urea groups is 1. The summed E-state index contributed by atoms with van der Waals surface area (Å²) in [4.78, 5) is 28.9. The molecular formula is C22H25N5O3. The van der Waals surface area contributed by atoms with E-state index in [1.807, 2.05) is 48.1 Å². The van der Waals surface area contributed by atoms with Gasteiger partial charge in [0.05, 0.1) is 12.1 Å². The first-order valence-electron chi connectivity index (χ1n) is 9.98. The minimum atomic E-state index is -0.159. The molecule has 0 radical (unpaired) electrons. The fourth-order valence-electron chi connectivity index (χ4n) is 3.66. The van der Waals surface area contributed by atoms with Crippen LogP contribution in [0.15, 0.2) is 53.2 Å². The largest absolute Gasteiger partial charge is 0.466 e. The number of aromatic nitrogens is 2. The summed E-state index contributed by atoms with van der Waals surface area (Å²) in [5, 5.41) is 7.17. The number of piperazine rings is 1. The smallest absolute Gasteiger partial charge is 0.321 e. The first-order valence-corrected chi connectivity index (χ1v) is 9.98. The van der Waals surface area contributed by atoms with Crippen LogP contribution in [0.5, 0.6) is 0 Å². The van der Waals surface area contributed by atoms with E-state index in [9.17, 15) is 9.59 Å². The molecule has 0 spiro atoms. The van der Waals surface area contributed by atoms with Gasteiger partial charge in [0.1, 0.15) is 11.5 Å². The van der Waals surface area contributed by atoms with E-state index in [1.165, 1.54) is 0 Å². The Morgan fingerprint density at radius 1 is 1.07 bits per heavy atom. The Labute approximate surface area is 175 Å². The summed E-state index contributed by atoms with van der Waals surface area (Å²) < 4.78 is 7.30. The average molecular weight is 407 g/mol. The van der Waals surface area contributed by atoms with Gasteiger partial charge in [0.15, 0.2) is 0 Å². The maximum absolute atomic E-state index is 12.7. The van der Waals surface area contributed by atoms with Gasteiger partial charge >= 0.3 is 6.03 Å². The van der Waals surface area contributed by atoms with Crippen LogP contribution in [0.3, 0.4) is 0 Å². The van der Waals surface area contributed by atoms with Crippen LogP contribution in [-0.2, 0) is 6.54 Å². The minimum Gasteiger partial charge on any atom is -0.466 e. The number of benzene rings is 1. The average Bonchev–Trinajstić information content (AvgIpc) is 3.36. The minimum absolute atomic E-state index is 0.0456. The lowest BCUT2D eigenvalue weighted by molar-refractivity contribution is 0.0670. The topological polar surface area (TPSA) is 83.6 Å². The number of anilines is 1. The van der Waals surface area contributed by atoms with Gasteiger partial charge in [0.25, 0.3) is 5.91 Å². The lowest BCUT2D eigenvalue weighted by Crippen LogP contribution is -2.51. The predicted molar refractivity (Wildman–Crippen MR) is 112 cm³/mol. The molecule has 1 fully saturated rings. The lowest BCUT2D eigenvalue weighted by Gasteiger charge is -2.34. The first-order chi connectivity index (χ1) is 14.5. The summed E-state index contributed by atoms with van der Waals surface area (Å²) in [5.41, 5.74) is 2.39. The summed E-state index contributed by atoms with van der Waals surface area (Å²) in [6.07, 6.45) is 3.64. The molecule has 8 nitrogen and oxygen atoms in total. The zero-order chi connectivity index (χ0) is 21.1. The summed E-state index contributed by atoms with van der Waals surface area (Å²) in [7, 11) is 0. The number of hydrogen-bond acceptors (Lipinski definition) is 4. The molecule has 1 N–H and O–H groups in total. The second kappa shape index (κ2) is 8.44. The fourth-order valence-corrected chi connectivity index (χ4v) is 3.66. The van der Waals surface area contributed by atoms with Crippen molar-refractivity contribution in [1.29, 1.82) is 0 Å². The van der Waals surface area contributed by atoms with E-state index in [0.29, 0.717) is 44.0 Å².